The quantitative estimate of drug-likeness (QED) is 0.435. The number of carbonyl (C=O) groups excluding carboxylic acids is 3. The highest BCUT2D eigenvalue weighted by atomic mass is 16.6. The Hall–Kier alpha value is -2.37. The van der Waals surface area contributed by atoms with Crippen molar-refractivity contribution in [1.82, 2.24) is 0 Å². The van der Waals surface area contributed by atoms with Gasteiger partial charge >= 0.3 is 17.9 Å². The highest BCUT2D eigenvalue weighted by Gasteiger charge is 2.29. The molecular formula is C16H20O6. The standard InChI is InChI=1S/C16H20O6/c1-4-20-15(18)14(16(19)21-5-2)10-12-6-8-13(9-7-12)22-11(3)17/h6-9,14H,4-5,10H2,1-3H3. The summed E-state index contributed by atoms with van der Waals surface area (Å²) < 4.78 is 14.7. The minimum atomic E-state index is -1.00. The zero-order chi connectivity index (χ0) is 16.5. The van der Waals surface area contributed by atoms with E-state index in [1.54, 1.807) is 38.1 Å². The van der Waals surface area contributed by atoms with Crippen LogP contribution in [-0.2, 0) is 30.3 Å². The van der Waals surface area contributed by atoms with Gasteiger partial charge in [-0.25, -0.2) is 0 Å². The van der Waals surface area contributed by atoms with Crippen LogP contribution in [0, 0.1) is 5.92 Å². The van der Waals surface area contributed by atoms with E-state index in [1.807, 2.05) is 0 Å². The molecule has 22 heavy (non-hydrogen) atoms. The summed E-state index contributed by atoms with van der Waals surface area (Å²) >= 11 is 0. The first-order valence-electron chi connectivity index (χ1n) is 7.08. The summed E-state index contributed by atoms with van der Waals surface area (Å²) in [7, 11) is 0. The Balaban J connectivity index is 2.82. The van der Waals surface area contributed by atoms with Crippen molar-refractivity contribution in [3.8, 4) is 5.75 Å². The van der Waals surface area contributed by atoms with Crippen LogP contribution in [0.2, 0.25) is 0 Å². The molecule has 0 fully saturated rings. The van der Waals surface area contributed by atoms with Crippen LogP contribution in [0.1, 0.15) is 26.3 Å². The van der Waals surface area contributed by atoms with Gasteiger partial charge < -0.3 is 14.2 Å². The van der Waals surface area contributed by atoms with Crippen molar-refractivity contribution >= 4 is 17.9 Å². The van der Waals surface area contributed by atoms with Crippen LogP contribution >= 0.6 is 0 Å². The van der Waals surface area contributed by atoms with Crippen molar-refractivity contribution < 1.29 is 28.6 Å². The van der Waals surface area contributed by atoms with E-state index in [9.17, 15) is 14.4 Å². The molecule has 0 aliphatic heterocycles. The van der Waals surface area contributed by atoms with Gasteiger partial charge in [0.2, 0.25) is 0 Å². The lowest BCUT2D eigenvalue weighted by molar-refractivity contribution is -0.161. The summed E-state index contributed by atoms with van der Waals surface area (Å²) in [5.74, 6) is -2.22. The van der Waals surface area contributed by atoms with E-state index in [0.717, 1.165) is 5.56 Å². The molecule has 0 heterocycles. The molecule has 6 nitrogen and oxygen atoms in total. The molecule has 6 heteroatoms. The second-order valence-electron chi connectivity index (χ2n) is 4.50. The van der Waals surface area contributed by atoms with Crippen molar-refractivity contribution in [2.24, 2.45) is 5.92 Å². The number of ether oxygens (including phenoxy) is 3. The third kappa shape index (κ3) is 5.55. The average molecular weight is 308 g/mol. The fourth-order valence-electron chi connectivity index (χ4n) is 1.84. The van der Waals surface area contributed by atoms with Gasteiger partial charge in [-0.15, -0.1) is 0 Å². The zero-order valence-electron chi connectivity index (χ0n) is 13.0. The molecule has 0 spiro atoms. The lowest BCUT2D eigenvalue weighted by Crippen LogP contribution is -2.30. The molecule has 1 aromatic carbocycles. The molecule has 0 aromatic heterocycles. The SMILES string of the molecule is CCOC(=O)C(Cc1ccc(OC(C)=O)cc1)C(=O)OCC. The first kappa shape index (κ1) is 17.7. The summed E-state index contributed by atoms with van der Waals surface area (Å²) in [6, 6.07) is 6.57. The Bertz CT molecular complexity index is 502. The maximum atomic E-state index is 11.9. The van der Waals surface area contributed by atoms with E-state index < -0.39 is 23.8 Å². The highest BCUT2D eigenvalue weighted by Crippen LogP contribution is 2.17. The second-order valence-corrected chi connectivity index (χ2v) is 4.50. The summed E-state index contributed by atoms with van der Waals surface area (Å²) in [6.07, 6.45) is 0.165. The monoisotopic (exact) mass is 308 g/mol. The van der Waals surface area contributed by atoms with Crippen LogP contribution in [0.4, 0.5) is 0 Å². The maximum absolute atomic E-state index is 11.9. The number of esters is 3. The molecule has 120 valence electrons. The molecule has 0 amide bonds. The minimum absolute atomic E-state index is 0.165. The van der Waals surface area contributed by atoms with Crippen molar-refractivity contribution in [1.29, 1.82) is 0 Å². The molecule has 0 saturated carbocycles. The van der Waals surface area contributed by atoms with Gasteiger partial charge in [0.05, 0.1) is 13.2 Å². The third-order valence-electron chi connectivity index (χ3n) is 2.77. The molecule has 0 radical (unpaired) electrons. The smallest absolute Gasteiger partial charge is 0.320 e. The molecule has 0 bridgehead atoms. The molecule has 0 unspecified atom stereocenters. The van der Waals surface area contributed by atoms with Gasteiger partial charge in [-0.2, -0.15) is 0 Å². The number of benzene rings is 1. The molecule has 0 aliphatic rings. The van der Waals surface area contributed by atoms with Crippen LogP contribution in [0.15, 0.2) is 24.3 Å². The fourth-order valence-corrected chi connectivity index (χ4v) is 1.84. The van der Waals surface area contributed by atoms with Crippen LogP contribution < -0.4 is 4.74 Å². The highest BCUT2D eigenvalue weighted by molar-refractivity contribution is 5.95. The predicted molar refractivity (Wildman–Crippen MR) is 78.2 cm³/mol. The van der Waals surface area contributed by atoms with Crippen LogP contribution in [0.5, 0.6) is 5.75 Å². The van der Waals surface area contributed by atoms with E-state index >= 15 is 0 Å². The molecule has 1 rings (SSSR count). The third-order valence-corrected chi connectivity index (χ3v) is 2.77. The minimum Gasteiger partial charge on any atom is -0.465 e. The fraction of sp³-hybridized carbons (Fsp3) is 0.438. The van der Waals surface area contributed by atoms with E-state index in [4.69, 9.17) is 14.2 Å². The van der Waals surface area contributed by atoms with Gasteiger partial charge in [0.25, 0.3) is 0 Å². The van der Waals surface area contributed by atoms with Crippen LogP contribution in [-0.4, -0.2) is 31.1 Å². The van der Waals surface area contributed by atoms with E-state index in [1.165, 1.54) is 6.92 Å². The summed E-state index contributed by atoms with van der Waals surface area (Å²) in [5, 5.41) is 0. The Labute approximate surface area is 129 Å². The maximum Gasteiger partial charge on any atom is 0.320 e. The Morgan fingerprint density at radius 3 is 1.86 bits per heavy atom. The lowest BCUT2D eigenvalue weighted by Gasteiger charge is -2.14. The van der Waals surface area contributed by atoms with E-state index in [2.05, 4.69) is 0 Å². The van der Waals surface area contributed by atoms with Gasteiger partial charge in [0, 0.05) is 6.92 Å². The van der Waals surface area contributed by atoms with Crippen molar-refractivity contribution in [3.05, 3.63) is 29.8 Å². The Morgan fingerprint density at radius 2 is 1.45 bits per heavy atom. The molecule has 0 N–H and O–H groups in total. The van der Waals surface area contributed by atoms with E-state index in [0.29, 0.717) is 5.75 Å². The first-order chi connectivity index (χ1) is 10.5. The predicted octanol–water partition coefficient (Wildman–Crippen LogP) is 1.90. The lowest BCUT2D eigenvalue weighted by atomic mass is 9.99. The van der Waals surface area contributed by atoms with Gasteiger partial charge in [-0.3, -0.25) is 14.4 Å². The molecule has 0 aliphatic carbocycles. The van der Waals surface area contributed by atoms with Crippen LogP contribution in [0.3, 0.4) is 0 Å². The molecule has 0 atom stereocenters. The number of rotatable bonds is 7. The Kier molecular flexibility index (Phi) is 7.08. The number of hydrogen-bond donors (Lipinski definition) is 0. The van der Waals surface area contributed by atoms with E-state index in [-0.39, 0.29) is 19.6 Å². The summed E-state index contributed by atoms with van der Waals surface area (Å²) in [6.45, 7) is 5.05. The van der Waals surface area contributed by atoms with Crippen molar-refractivity contribution in [2.75, 3.05) is 13.2 Å². The van der Waals surface area contributed by atoms with Gasteiger partial charge in [-0.1, -0.05) is 12.1 Å². The van der Waals surface area contributed by atoms with Crippen molar-refractivity contribution in [3.63, 3.8) is 0 Å². The Morgan fingerprint density at radius 1 is 0.955 bits per heavy atom. The largest absolute Gasteiger partial charge is 0.465 e. The molecule has 0 saturated heterocycles. The normalized spacial score (nSPS) is 10.2. The van der Waals surface area contributed by atoms with Gasteiger partial charge in [0.1, 0.15) is 5.75 Å². The average Bonchev–Trinajstić information content (AvgIpc) is 2.46. The second kappa shape index (κ2) is 8.81. The van der Waals surface area contributed by atoms with Crippen LogP contribution in [0.25, 0.3) is 0 Å². The summed E-state index contributed by atoms with van der Waals surface area (Å²) in [4.78, 5) is 34.6. The van der Waals surface area contributed by atoms with Crippen molar-refractivity contribution in [2.45, 2.75) is 27.2 Å². The summed E-state index contributed by atoms with van der Waals surface area (Å²) in [5.41, 5.74) is 0.738. The number of hydrogen-bond acceptors (Lipinski definition) is 6. The topological polar surface area (TPSA) is 78.9 Å². The first-order valence-corrected chi connectivity index (χ1v) is 7.08. The van der Waals surface area contributed by atoms with Gasteiger partial charge in [-0.05, 0) is 38.0 Å². The molecule has 1 aromatic rings. The number of carbonyl (C=O) groups is 3. The zero-order valence-corrected chi connectivity index (χ0v) is 13.0. The molecular weight excluding hydrogens is 288 g/mol. The van der Waals surface area contributed by atoms with Gasteiger partial charge in [0.15, 0.2) is 5.92 Å².